The van der Waals surface area contributed by atoms with Gasteiger partial charge >= 0.3 is 0 Å². The van der Waals surface area contributed by atoms with E-state index < -0.39 is 0 Å². The van der Waals surface area contributed by atoms with Crippen molar-refractivity contribution >= 4 is 18.2 Å². The van der Waals surface area contributed by atoms with E-state index in [1.807, 2.05) is 6.07 Å². The zero-order chi connectivity index (χ0) is 16.9. The lowest BCUT2D eigenvalue weighted by molar-refractivity contribution is -0.118. The molecule has 0 N–H and O–H groups in total. The summed E-state index contributed by atoms with van der Waals surface area (Å²) in [6, 6.07) is 6.35. The molecule has 1 aliphatic carbocycles. The summed E-state index contributed by atoms with van der Waals surface area (Å²) >= 11 is 0. The number of piperazine rings is 1. The molecule has 0 spiro atoms. The van der Waals surface area contributed by atoms with Crippen LogP contribution in [0.2, 0.25) is 0 Å². The predicted molar refractivity (Wildman–Crippen MR) is 102 cm³/mol. The van der Waals surface area contributed by atoms with Gasteiger partial charge in [0.1, 0.15) is 11.9 Å². The SMILES string of the molecule is Cc1ccc2c(c1)C1(C)C=C(CN3CCN(C)CC3)C(=O)CC1O2.Cl. The van der Waals surface area contributed by atoms with Gasteiger partial charge in [-0.05, 0) is 27.0 Å². The highest BCUT2D eigenvalue weighted by atomic mass is 35.5. The summed E-state index contributed by atoms with van der Waals surface area (Å²) in [5, 5.41) is 0. The highest BCUT2D eigenvalue weighted by Gasteiger charge is 2.48. The Morgan fingerprint density at radius 3 is 2.68 bits per heavy atom. The molecule has 1 fully saturated rings. The Balaban J connectivity index is 0.00000182. The highest BCUT2D eigenvalue weighted by molar-refractivity contribution is 5.98. The molecule has 0 amide bonds. The summed E-state index contributed by atoms with van der Waals surface area (Å²) in [4.78, 5) is 17.4. The number of Topliss-reactive ketones (excluding diaryl/α,β-unsaturated/α-hetero) is 1. The molecule has 4 nitrogen and oxygen atoms in total. The van der Waals surface area contributed by atoms with E-state index in [0.717, 1.165) is 44.0 Å². The zero-order valence-electron chi connectivity index (χ0n) is 15.2. The highest BCUT2D eigenvalue weighted by Crippen LogP contribution is 2.48. The quantitative estimate of drug-likeness (QED) is 0.809. The molecular formula is C20H27ClN2O2. The number of aryl methyl sites for hydroxylation is 1. The summed E-state index contributed by atoms with van der Waals surface area (Å²) in [5.41, 5.74) is 3.26. The topological polar surface area (TPSA) is 32.8 Å². The van der Waals surface area contributed by atoms with Crippen LogP contribution in [0, 0.1) is 6.92 Å². The minimum atomic E-state index is -0.183. The molecule has 1 aromatic carbocycles. The van der Waals surface area contributed by atoms with Gasteiger partial charge in [0.2, 0.25) is 0 Å². The first-order chi connectivity index (χ1) is 11.5. The second-order valence-electron chi connectivity index (χ2n) is 7.77. The lowest BCUT2D eigenvalue weighted by Gasteiger charge is -2.36. The fraction of sp³-hybridized carbons (Fsp3) is 0.550. The first-order valence-electron chi connectivity index (χ1n) is 8.89. The maximum atomic E-state index is 12.6. The molecule has 25 heavy (non-hydrogen) atoms. The Morgan fingerprint density at radius 2 is 1.96 bits per heavy atom. The van der Waals surface area contributed by atoms with Crippen LogP contribution in [0.5, 0.6) is 5.75 Å². The number of hydrogen-bond donors (Lipinski definition) is 0. The Hall–Kier alpha value is -1.36. The van der Waals surface area contributed by atoms with E-state index in [0.29, 0.717) is 6.42 Å². The Morgan fingerprint density at radius 1 is 1.24 bits per heavy atom. The summed E-state index contributed by atoms with van der Waals surface area (Å²) in [5.74, 6) is 1.19. The summed E-state index contributed by atoms with van der Waals surface area (Å²) in [6.45, 7) is 9.33. The van der Waals surface area contributed by atoms with Gasteiger partial charge in [-0.2, -0.15) is 0 Å². The van der Waals surface area contributed by atoms with Crippen LogP contribution in [0.25, 0.3) is 0 Å². The smallest absolute Gasteiger partial charge is 0.163 e. The maximum absolute atomic E-state index is 12.6. The summed E-state index contributed by atoms with van der Waals surface area (Å²) in [7, 11) is 2.16. The molecule has 1 aromatic rings. The van der Waals surface area contributed by atoms with E-state index in [-0.39, 0.29) is 29.7 Å². The van der Waals surface area contributed by atoms with Crippen molar-refractivity contribution in [2.75, 3.05) is 39.8 Å². The van der Waals surface area contributed by atoms with Gasteiger partial charge in [-0.1, -0.05) is 23.8 Å². The first-order valence-corrected chi connectivity index (χ1v) is 8.89. The van der Waals surface area contributed by atoms with E-state index in [9.17, 15) is 4.79 Å². The van der Waals surface area contributed by atoms with Crippen molar-refractivity contribution in [2.45, 2.75) is 31.8 Å². The number of likely N-dealkylation sites (N-methyl/N-ethyl adjacent to an activating group) is 1. The van der Waals surface area contributed by atoms with Crippen molar-refractivity contribution < 1.29 is 9.53 Å². The molecule has 2 atom stereocenters. The molecule has 0 bridgehead atoms. The summed E-state index contributed by atoms with van der Waals surface area (Å²) < 4.78 is 6.11. The molecular weight excluding hydrogens is 336 g/mol. The van der Waals surface area contributed by atoms with Crippen LogP contribution in [0.3, 0.4) is 0 Å². The van der Waals surface area contributed by atoms with E-state index in [1.165, 1.54) is 11.1 Å². The lowest BCUT2D eigenvalue weighted by atomic mass is 9.71. The van der Waals surface area contributed by atoms with Crippen LogP contribution in [0.4, 0.5) is 0 Å². The third-order valence-electron chi connectivity index (χ3n) is 5.85. The van der Waals surface area contributed by atoms with Gasteiger partial charge in [-0.15, -0.1) is 12.4 Å². The molecule has 2 aliphatic heterocycles. The Bertz CT molecular complexity index is 710. The van der Waals surface area contributed by atoms with Gasteiger partial charge in [0.15, 0.2) is 5.78 Å². The standard InChI is InChI=1S/C20H26N2O2.ClH/c1-14-4-5-18-16(10-14)20(2)12-15(17(23)11-19(20)24-18)13-22-8-6-21(3)7-9-22;/h4-5,10,12,19H,6-9,11,13H2,1-3H3;1H. The number of ether oxygens (including phenoxy) is 1. The number of ketones is 1. The van der Waals surface area contributed by atoms with Crippen LogP contribution >= 0.6 is 12.4 Å². The van der Waals surface area contributed by atoms with Crippen LogP contribution in [-0.4, -0.2) is 61.5 Å². The maximum Gasteiger partial charge on any atom is 0.163 e. The number of nitrogens with zero attached hydrogens (tertiary/aromatic N) is 2. The summed E-state index contributed by atoms with van der Waals surface area (Å²) in [6.07, 6.45) is 2.63. The van der Waals surface area contributed by atoms with Crippen LogP contribution in [0.15, 0.2) is 29.8 Å². The van der Waals surface area contributed by atoms with Gasteiger partial charge in [0, 0.05) is 50.3 Å². The monoisotopic (exact) mass is 362 g/mol. The van der Waals surface area contributed by atoms with Gasteiger partial charge in [0.25, 0.3) is 0 Å². The molecule has 5 heteroatoms. The number of halogens is 1. The van der Waals surface area contributed by atoms with Crippen molar-refractivity contribution in [3.8, 4) is 5.75 Å². The van der Waals surface area contributed by atoms with Crippen molar-refractivity contribution in [1.29, 1.82) is 0 Å². The Kier molecular flexibility index (Phi) is 4.97. The van der Waals surface area contributed by atoms with Gasteiger partial charge < -0.3 is 9.64 Å². The van der Waals surface area contributed by atoms with Crippen LogP contribution in [-0.2, 0) is 10.2 Å². The van der Waals surface area contributed by atoms with Gasteiger partial charge in [-0.25, -0.2) is 0 Å². The number of hydrogen-bond acceptors (Lipinski definition) is 4. The van der Waals surface area contributed by atoms with E-state index in [2.05, 4.69) is 48.9 Å². The van der Waals surface area contributed by atoms with Crippen molar-refractivity contribution in [3.63, 3.8) is 0 Å². The van der Waals surface area contributed by atoms with Crippen LogP contribution < -0.4 is 4.74 Å². The van der Waals surface area contributed by atoms with Gasteiger partial charge in [0.05, 0.1) is 5.41 Å². The number of carbonyl (C=O) groups excluding carboxylic acids is 1. The predicted octanol–water partition coefficient (Wildman–Crippen LogP) is 2.58. The average molecular weight is 363 g/mol. The largest absolute Gasteiger partial charge is 0.488 e. The number of benzene rings is 1. The van der Waals surface area contributed by atoms with Gasteiger partial charge in [-0.3, -0.25) is 9.69 Å². The van der Waals surface area contributed by atoms with Crippen molar-refractivity contribution in [3.05, 3.63) is 41.0 Å². The third-order valence-corrected chi connectivity index (χ3v) is 5.85. The minimum Gasteiger partial charge on any atom is -0.488 e. The fourth-order valence-corrected chi connectivity index (χ4v) is 4.16. The number of fused-ring (bicyclic) bond motifs is 3. The molecule has 2 unspecified atom stereocenters. The molecule has 2 heterocycles. The number of rotatable bonds is 2. The second-order valence-corrected chi connectivity index (χ2v) is 7.77. The van der Waals surface area contributed by atoms with E-state index >= 15 is 0 Å². The molecule has 0 aromatic heterocycles. The molecule has 136 valence electrons. The van der Waals surface area contributed by atoms with Crippen molar-refractivity contribution in [2.24, 2.45) is 0 Å². The third kappa shape index (κ3) is 3.23. The second kappa shape index (κ2) is 6.75. The lowest BCUT2D eigenvalue weighted by Crippen LogP contribution is -2.47. The van der Waals surface area contributed by atoms with E-state index in [1.54, 1.807) is 0 Å². The molecule has 1 saturated heterocycles. The molecule has 4 rings (SSSR count). The fourth-order valence-electron chi connectivity index (χ4n) is 4.16. The zero-order valence-corrected chi connectivity index (χ0v) is 16.1. The minimum absolute atomic E-state index is 0. The van der Waals surface area contributed by atoms with Crippen molar-refractivity contribution in [1.82, 2.24) is 9.80 Å². The van der Waals surface area contributed by atoms with Crippen LogP contribution in [0.1, 0.15) is 24.5 Å². The molecule has 0 saturated carbocycles. The first kappa shape index (κ1) is 18.4. The average Bonchev–Trinajstić information content (AvgIpc) is 2.82. The number of carbonyl (C=O) groups is 1. The van der Waals surface area contributed by atoms with E-state index in [4.69, 9.17) is 4.74 Å². The molecule has 0 radical (unpaired) electrons. The Labute approximate surface area is 156 Å². The molecule has 3 aliphatic rings. The normalized spacial score (nSPS) is 29.3.